The lowest BCUT2D eigenvalue weighted by Crippen LogP contribution is -2.28. The standard InChI is InChI=1S/C17H14Cl2N2O2/c1-21(10-11-6-7-12(18)8-14(11)19)17(22)9-15-13-4-2-3-5-16(13)23-20-15/h2-8H,9-10H2,1H3. The van der Waals surface area contributed by atoms with Crippen molar-refractivity contribution in [3.05, 3.63) is 63.8 Å². The molecule has 1 heterocycles. The van der Waals surface area contributed by atoms with Crippen molar-refractivity contribution in [2.24, 2.45) is 0 Å². The maximum absolute atomic E-state index is 12.4. The molecule has 0 N–H and O–H groups in total. The van der Waals surface area contributed by atoms with Crippen LogP contribution in [0.2, 0.25) is 10.0 Å². The Labute approximate surface area is 143 Å². The molecule has 2 aromatic carbocycles. The molecule has 118 valence electrons. The Balaban J connectivity index is 1.72. The van der Waals surface area contributed by atoms with Crippen LogP contribution in [-0.4, -0.2) is 23.0 Å². The van der Waals surface area contributed by atoms with Gasteiger partial charge in [-0.25, -0.2) is 0 Å². The number of hydrogen-bond acceptors (Lipinski definition) is 3. The van der Waals surface area contributed by atoms with Crippen LogP contribution < -0.4 is 0 Å². The summed E-state index contributed by atoms with van der Waals surface area (Å²) in [5, 5.41) is 5.96. The topological polar surface area (TPSA) is 46.3 Å². The summed E-state index contributed by atoms with van der Waals surface area (Å²) in [6.45, 7) is 0.407. The van der Waals surface area contributed by atoms with Gasteiger partial charge in [-0.2, -0.15) is 0 Å². The molecule has 0 atom stereocenters. The molecule has 1 amide bonds. The fraction of sp³-hybridized carbons (Fsp3) is 0.176. The van der Waals surface area contributed by atoms with Gasteiger partial charge in [0.1, 0.15) is 5.69 Å². The van der Waals surface area contributed by atoms with Gasteiger partial charge < -0.3 is 9.42 Å². The lowest BCUT2D eigenvalue weighted by molar-refractivity contribution is -0.129. The summed E-state index contributed by atoms with van der Waals surface area (Å²) < 4.78 is 5.22. The average molecular weight is 349 g/mol. The number of fused-ring (bicyclic) bond motifs is 1. The molecular weight excluding hydrogens is 335 g/mol. The summed E-state index contributed by atoms with van der Waals surface area (Å²) in [7, 11) is 1.73. The fourth-order valence-electron chi connectivity index (χ4n) is 2.34. The fourth-order valence-corrected chi connectivity index (χ4v) is 2.81. The number of hydrogen-bond donors (Lipinski definition) is 0. The van der Waals surface area contributed by atoms with E-state index in [1.165, 1.54) is 0 Å². The summed E-state index contributed by atoms with van der Waals surface area (Å²) in [5.74, 6) is -0.0601. The second-order valence-electron chi connectivity index (χ2n) is 5.29. The molecule has 23 heavy (non-hydrogen) atoms. The zero-order valence-electron chi connectivity index (χ0n) is 12.4. The number of amides is 1. The van der Waals surface area contributed by atoms with Gasteiger partial charge in [-0.1, -0.05) is 46.6 Å². The molecule has 0 spiro atoms. The number of rotatable bonds is 4. The number of likely N-dealkylation sites (N-methyl/N-ethyl adjacent to an activating group) is 1. The van der Waals surface area contributed by atoms with Crippen molar-refractivity contribution >= 4 is 40.1 Å². The van der Waals surface area contributed by atoms with Gasteiger partial charge in [-0.15, -0.1) is 0 Å². The molecule has 0 unspecified atom stereocenters. The molecule has 0 aliphatic heterocycles. The van der Waals surface area contributed by atoms with E-state index in [4.69, 9.17) is 27.7 Å². The van der Waals surface area contributed by atoms with Crippen LogP contribution in [0.4, 0.5) is 0 Å². The molecule has 0 aliphatic rings. The Morgan fingerprint density at radius 3 is 2.78 bits per heavy atom. The van der Waals surface area contributed by atoms with E-state index in [0.717, 1.165) is 10.9 Å². The molecule has 0 bridgehead atoms. The molecule has 3 aromatic rings. The van der Waals surface area contributed by atoms with Crippen molar-refractivity contribution in [3.8, 4) is 0 Å². The molecule has 1 aromatic heterocycles. The number of aromatic nitrogens is 1. The first kappa shape index (κ1) is 15.8. The lowest BCUT2D eigenvalue weighted by atomic mass is 10.1. The van der Waals surface area contributed by atoms with E-state index < -0.39 is 0 Å². The lowest BCUT2D eigenvalue weighted by Gasteiger charge is -2.17. The highest BCUT2D eigenvalue weighted by Gasteiger charge is 2.16. The Kier molecular flexibility index (Phi) is 4.55. The summed E-state index contributed by atoms with van der Waals surface area (Å²) in [6, 6.07) is 12.7. The van der Waals surface area contributed by atoms with Gasteiger partial charge in [-0.3, -0.25) is 4.79 Å². The number of carbonyl (C=O) groups is 1. The third-order valence-electron chi connectivity index (χ3n) is 3.62. The molecule has 0 radical (unpaired) electrons. The summed E-state index contributed by atoms with van der Waals surface area (Å²) in [4.78, 5) is 14.0. The van der Waals surface area contributed by atoms with E-state index in [2.05, 4.69) is 5.16 Å². The van der Waals surface area contributed by atoms with Gasteiger partial charge >= 0.3 is 0 Å². The molecule has 0 fully saturated rings. The minimum Gasteiger partial charge on any atom is -0.356 e. The Morgan fingerprint density at radius 2 is 2.00 bits per heavy atom. The first-order valence-electron chi connectivity index (χ1n) is 7.06. The average Bonchev–Trinajstić information content (AvgIpc) is 2.93. The Morgan fingerprint density at radius 1 is 1.22 bits per heavy atom. The Hall–Kier alpha value is -2.04. The van der Waals surface area contributed by atoms with Crippen molar-refractivity contribution in [1.29, 1.82) is 0 Å². The zero-order chi connectivity index (χ0) is 16.4. The van der Waals surface area contributed by atoms with Gasteiger partial charge in [-0.05, 0) is 29.8 Å². The van der Waals surface area contributed by atoms with Crippen molar-refractivity contribution < 1.29 is 9.32 Å². The van der Waals surface area contributed by atoms with Crippen LogP contribution in [0.25, 0.3) is 11.0 Å². The molecule has 0 saturated heterocycles. The van der Waals surface area contributed by atoms with E-state index in [0.29, 0.717) is 27.9 Å². The van der Waals surface area contributed by atoms with E-state index in [-0.39, 0.29) is 12.3 Å². The number of halogens is 2. The highest BCUT2D eigenvalue weighted by atomic mass is 35.5. The molecule has 0 aliphatic carbocycles. The molecule has 4 nitrogen and oxygen atoms in total. The van der Waals surface area contributed by atoms with Gasteiger partial charge in [0.15, 0.2) is 5.58 Å². The monoisotopic (exact) mass is 348 g/mol. The van der Waals surface area contributed by atoms with E-state index in [1.807, 2.05) is 30.3 Å². The number of para-hydroxylation sites is 1. The van der Waals surface area contributed by atoms with Gasteiger partial charge in [0.2, 0.25) is 5.91 Å². The van der Waals surface area contributed by atoms with Crippen LogP contribution in [0.1, 0.15) is 11.3 Å². The van der Waals surface area contributed by atoms with Crippen molar-refractivity contribution in [2.45, 2.75) is 13.0 Å². The predicted octanol–water partition coefficient (Wildman–Crippen LogP) is 4.34. The van der Waals surface area contributed by atoms with Gasteiger partial charge in [0.25, 0.3) is 0 Å². The molecular formula is C17H14Cl2N2O2. The minimum absolute atomic E-state index is 0.0601. The number of nitrogens with zero attached hydrogens (tertiary/aromatic N) is 2. The summed E-state index contributed by atoms with van der Waals surface area (Å²) >= 11 is 12.0. The zero-order valence-corrected chi connectivity index (χ0v) is 13.9. The maximum atomic E-state index is 12.4. The first-order chi connectivity index (χ1) is 11.0. The highest BCUT2D eigenvalue weighted by Crippen LogP contribution is 2.23. The van der Waals surface area contributed by atoms with E-state index >= 15 is 0 Å². The molecule has 6 heteroatoms. The van der Waals surface area contributed by atoms with Crippen LogP contribution >= 0.6 is 23.2 Å². The second kappa shape index (κ2) is 6.60. The van der Waals surface area contributed by atoms with Gasteiger partial charge in [0.05, 0.1) is 6.42 Å². The second-order valence-corrected chi connectivity index (χ2v) is 6.13. The van der Waals surface area contributed by atoms with Crippen LogP contribution in [0.5, 0.6) is 0 Å². The van der Waals surface area contributed by atoms with E-state index in [1.54, 1.807) is 24.1 Å². The number of carbonyl (C=O) groups excluding carboxylic acids is 1. The third kappa shape index (κ3) is 3.49. The van der Waals surface area contributed by atoms with E-state index in [9.17, 15) is 4.79 Å². The highest BCUT2D eigenvalue weighted by molar-refractivity contribution is 6.35. The third-order valence-corrected chi connectivity index (χ3v) is 4.21. The molecule has 0 saturated carbocycles. The predicted molar refractivity (Wildman–Crippen MR) is 90.6 cm³/mol. The van der Waals surface area contributed by atoms with Crippen LogP contribution in [0, 0.1) is 0 Å². The minimum atomic E-state index is -0.0601. The van der Waals surface area contributed by atoms with Crippen molar-refractivity contribution in [1.82, 2.24) is 10.1 Å². The SMILES string of the molecule is CN(Cc1ccc(Cl)cc1Cl)C(=O)Cc1noc2ccccc12. The first-order valence-corrected chi connectivity index (χ1v) is 7.81. The smallest absolute Gasteiger partial charge is 0.228 e. The number of benzene rings is 2. The van der Waals surface area contributed by atoms with Crippen molar-refractivity contribution in [3.63, 3.8) is 0 Å². The van der Waals surface area contributed by atoms with Crippen molar-refractivity contribution in [2.75, 3.05) is 7.05 Å². The normalized spacial score (nSPS) is 10.9. The van der Waals surface area contributed by atoms with Crippen LogP contribution in [0.3, 0.4) is 0 Å². The summed E-state index contributed by atoms with van der Waals surface area (Å²) in [6.07, 6.45) is 0.179. The van der Waals surface area contributed by atoms with Gasteiger partial charge in [0, 0.05) is 29.0 Å². The van der Waals surface area contributed by atoms with Crippen LogP contribution in [-0.2, 0) is 17.8 Å². The largest absolute Gasteiger partial charge is 0.356 e. The maximum Gasteiger partial charge on any atom is 0.228 e. The molecule has 3 rings (SSSR count). The van der Waals surface area contributed by atoms with Crippen LogP contribution in [0.15, 0.2) is 47.0 Å². The summed E-state index contributed by atoms with van der Waals surface area (Å²) in [5.41, 5.74) is 2.16. The Bertz CT molecular complexity index is 861. The quantitative estimate of drug-likeness (QED) is 0.704.